The van der Waals surface area contributed by atoms with Crippen LogP contribution in [-0.2, 0) is 14.3 Å². The van der Waals surface area contributed by atoms with Gasteiger partial charge in [-0.25, -0.2) is 0 Å². The summed E-state index contributed by atoms with van der Waals surface area (Å²) in [5.74, 6) is -0.0602. The molecule has 2 rings (SSSR count). The monoisotopic (exact) mass is 279 g/mol. The van der Waals surface area contributed by atoms with Crippen LogP contribution >= 0.6 is 0 Å². The zero-order chi connectivity index (χ0) is 14.5. The molecule has 0 saturated carbocycles. The molecule has 2 fully saturated rings. The summed E-state index contributed by atoms with van der Waals surface area (Å²) >= 11 is 0. The van der Waals surface area contributed by atoms with E-state index in [1.165, 1.54) is 0 Å². The summed E-state index contributed by atoms with van der Waals surface area (Å²) in [5, 5.41) is 12.2. The van der Waals surface area contributed by atoms with E-state index in [1.54, 1.807) is 11.8 Å². The van der Waals surface area contributed by atoms with Crippen molar-refractivity contribution in [2.24, 2.45) is 5.92 Å². The highest BCUT2D eigenvalue weighted by atomic mass is 16.5. The Hall–Kier alpha value is -1.61. The fraction of sp³-hybridized carbons (Fsp3) is 0.786. The summed E-state index contributed by atoms with van der Waals surface area (Å²) in [7, 11) is 0. The lowest BCUT2D eigenvalue weighted by molar-refractivity contribution is -0.144. The summed E-state index contributed by atoms with van der Waals surface area (Å²) in [6.45, 7) is 3.49. The van der Waals surface area contributed by atoms with Crippen LogP contribution in [0.3, 0.4) is 0 Å². The molecule has 0 radical (unpaired) electrons. The van der Waals surface area contributed by atoms with Crippen LogP contribution in [0.1, 0.15) is 32.6 Å². The van der Waals surface area contributed by atoms with E-state index in [-0.39, 0.29) is 29.9 Å². The van der Waals surface area contributed by atoms with Gasteiger partial charge in [-0.15, -0.1) is 0 Å². The maximum absolute atomic E-state index is 12.4. The van der Waals surface area contributed by atoms with Gasteiger partial charge in [0.25, 0.3) is 0 Å². The number of nitrogens with zero attached hydrogens (tertiary/aromatic N) is 2. The molecule has 2 aliphatic rings. The largest absolute Gasteiger partial charge is 0.466 e. The van der Waals surface area contributed by atoms with Crippen molar-refractivity contribution in [2.45, 2.75) is 44.7 Å². The predicted molar refractivity (Wildman–Crippen MR) is 71.5 cm³/mol. The Balaban J connectivity index is 1.85. The molecule has 0 bridgehead atoms. The average molecular weight is 279 g/mol. The van der Waals surface area contributed by atoms with E-state index in [0.29, 0.717) is 32.5 Å². The van der Waals surface area contributed by atoms with E-state index in [1.807, 2.05) is 0 Å². The molecule has 0 spiro atoms. The summed E-state index contributed by atoms with van der Waals surface area (Å²) in [5.41, 5.74) is 0. The van der Waals surface area contributed by atoms with Gasteiger partial charge in [0.15, 0.2) is 0 Å². The Morgan fingerprint density at radius 1 is 1.50 bits per heavy atom. The number of nitrogens with one attached hydrogen (secondary N) is 1. The van der Waals surface area contributed by atoms with Crippen LogP contribution in [0, 0.1) is 17.2 Å². The molecule has 20 heavy (non-hydrogen) atoms. The molecule has 3 atom stereocenters. The molecule has 6 heteroatoms. The van der Waals surface area contributed by atoms with E-state index in [2.05, 4.69) is 11.4 Å². The molecule has 2 saturated heterocycles. The van der Waals surface area contributed by atoms with Crippen molar-refractivity contribution in [3.8, 4) is 6.07 Å². The second-order valence-electron chi connectivity index (χ2n) is 5.39. The Kier molecular flexibility index (Phi) is 4.96. The summed E-state index contributed by atoms with van der Waals surface area (Å²) in [6, 6.07) is 1.64. The van der Waals surface area contributed by atoms with Crippen molar-refractivity contribution in [1.82, 2.24) is 10.2 Å². The Morgan fingerprint density at radius 2 is 2.30 bits per heavy atom. The first-order valence-corrected chi connectivity index (χ1v) is 7.24. The third-order valence-corrected chi connectivity index (χ3v) is 3.97. The topological polar surface area (TPSA) is 82.4 Å². The van der Waals surface area contributed by atoms with Crippen molar-refractivity contribution in [1.29, 1.82) is 5.26 Å². The standard InChI is InChI=1S/C14H21N3O3/c1-2-20-13(18)7-10-6-12(16-9-10)14(19)17-5-3-4-11(17)8-15/h10-12,16H,2-7,9H2,1H3/t10-,11+,12+/m1/s1. The van der Waals surface area contributed by atoms with Gasteiger partial charge in [0.1, 0.15) is 6.04 Å². The maximum Gasteiger partial charge on any atom is 0.306 e. The van der Waals surface area contributed by atoms with Crippen molar-refractivity contribution in [3.05, 3.63) is 0 Å². The second kappa shape index (κ2) is 6.71. The molecule has 0 aromatic carbocycles. The number of rotatable bonds is 4. The van der Waals surface area contributed by atoms with Crippen LogP contribution in [0.4, 0.5) is 0 Å². The predicted octanol–water partition coefficient (Wildman–Crippen LogP) is 0.432. The first-order valence-electron chi connectivity index (χ1n) is 7.24. The van der Waals surface area contributed by atoms with Crippen LogP contribution in [0.15, 0.2) is 0 Å². The van der Waals surface area contributed by atoms with Crippen LogP contribution in [0.25, 0.3) is 0 Å². The summed E-state index contributed by atoms with van der Waals surface area (Å²) in [4.78, 5) is 25.5. The second-order valence-corrected chi connectivity index (χ2v) is 5.39. The number of carbonyl (C=O) groups excluding carboxylic acids is 2. The number of nitriles is 1. The molecule has 1 N–H and O–H groups in total. The number of hydrogen-bond donors (Lipinski definition) is 1. The van der Waals surface area contributed by atoms with Gasteiger partial charge in [-0.3, -0.25) is 9.59 Å². The van der Waals surface area contributed by atoms with Gasteiger partial charge in [0, 0.05) is 13.0 Å². The number of amides is 1. The SMILES string of the molecule is CCOC(=O)C[C@@H]1CN[C@H](C(=O)N2CCC[C@H]2C#N)C1. The third-order valence-electron chi connectivity index (χ3n) is 3.97. The molecular weight excluding hydrogens is 258 g/mol. The lowest BCUT2D eigenvalue weighted by atomic mass is 10.0. The van der Waals surface area contributed by atoms with E-state index < -0.39 is 0 Å². The normalized spacial score (nSPS) is 29.2. The highest BCUT2D eigenvalue weighted by Gasteiger charge is 2.37. The van der Waals surface area contributed by atoms with Gasteiger partial charge in [-0.2, -0.15) is 5.26 Å². The van der Waals surface area contributed by atoms with E-state index >= 15 is 0 Å². The van der Waals surface area contributed by atoms with Gasteiger partial charge >= 0.3 is 5.97 Å². The number of ether oxygens (including phenoxy) is 1. The number of likely N-dealkylation sites (tertiary alicyclic amines) is 1. The van der Waals surface area contributed by atoms with Crippen molar-refractivity contribution < 1.29 is 14.3 Å². The first-order chi connectivity index (χ1) is 9.65. The molecule has 2 aliphatic heterocycles. The molecule has 0 aromatic rings. The van der Waals surface area contributed by atoms with Crippen molar-refractivity contribution in [3.63, 3.8) is 0 Å². The van der Waals surface area contributed by atoms with Crippen LogP contribution in [0.5, 0.6) is 0 Å². The zero-order valence-corrected chi connectivity index (χ0v) is 11.8. The lowest BCUT2D eigenvalue weighted by Gasteiger charge is -2.23. The maximum atomic E-state index is 12.4. The minimum absolute atomic E-state index is 0.000379. The molecule has 1 amide bonds. The van der Waals surface area contributed by atoms with Gasteiger partial charge in [0.2, 0.25) is 5.91 Å². The number of hydrogen-bond acceptors (Lipinski definition) is 5. The fourth-order valence-electron chi connectivity index (χ4n) is 2.97. The molecule has 0 aromatic heterocycles. The Bertz CT molecular complexity index is 418. The minimum Gasteiger partial charge on any atom is -0.466 e. The zero-order valence-electron chi connectivity index (χ0n) is 11.8. The van der Waals surface area contributed by atoms with E-state index in [9.17, 15) is 9.59 Å². The van der Waals surface area contributed by atoms with Crippen LogP contribution in [0.2, 0.25) is 0 Å². The smallest absolute Gasteiger partial charge is 0.306 e. The lowest BCUT2D eigenvalue weighted by Crippen LogP contribution is -2.45. The molecule has 0 unspecified atom stereocenters. The van der Waals surface area contributed by atoms with E-state index in [4.69, 9.17) is 10.00 Å². The van der Waals surface area contributed by atoms with Gasteiger partial charge < -0.3 is 15.0 Å². The summed E-state index contributed by atoms with van der Waals surface area (Å²) in [6.07, 6.45) is 2.66. The Morgan fingerprint density at radius 3 is 3.00 bits per heavy atom. The van der Waals surface area contributed by atoms with Crippen LogP contribution < -0.4 is 5.32 Å². The van der Waals surface area contributed by atoms with Crippen molar-refractivity contribution in [2.75, 3.05) is 19.7 Å². The molecule has 6 nitrogen and oxygen atoms in total. The van der Waals surface area contributed by atoms with Crippen LogP contribution in [-0.4, -0.2) is 48.6 Å². The van der Waals surface area contributed by atoms with Gasteiger partial charge in [0.05, 0.1) is 18.7 Å². The number of esters is 1. The van der Waals surface area contributed by atoms with Crippen molar-refractivity contribution >= 4 is 11.9 Å². The third kappa shape index (κ3) is 3.28. The molecule has 2 heterocycles. The highest BCUT2D eigenvalue weighted by Crippen LogP contribution is 2.23. The fourth-order valence-corrected chi connectivity index (χ4v) is 2.97. The van der Waals surface area contributed by atoms with E-state index in [0.717, 1.165) is 12.8 Å². The first kappa shape index (κ1) is 14.8. The quantitative estimate of drug-likeness (QED) is 0.755. The average Bonchev–Trinajstić information content (AvgIpc) is 3.06. The molecule has 110 valence electrons. The van der Waals surface area contributed by atoms with Gasteiger partial charge in [-0.1, -0.05) is 0 Å². The highest BCUT2D eigenvalue weighted by molar-refractivity contribution is 5.83. The number of carbonyl (C=O) groups is 2. The Labute approximate surface area is 119 Å². The summed E-state index contributed by atoms with van der Waals surface area (Å²) < 4.78 is 4.93. The van der Waals surface area contributed by atoms with Gasteiger partial charge in [-0.05, 0) is 38.6 Å². The molecular formula is C14H21N3O3. The minimum atomic E-state index is -0.284. The molecule has 0 aliphatic carbocycles.